The molecule has 8 heteroatoms. The molecule has 1 aromatic heterocycles. The van der Waals surface area contributed by atoms with Gasteiger partial charge in [-0.2, -0.15) is 5.10 Å². The van der Waals surface area contributed by atoms with Crippen LogP contribution in [0.15, 0.2) is 36.4 Å². The van der Waals surface area contributed by atoms with Crippen LogP contribution in [0, 0.1) is 5.82 Å². The van der Waals surface area contributed by atoms with Gasteiger partial charge in [-0.15, -0.1) is 0 Å². The normalized spacial score (nSPS) is 12.1. The molecule has 29 heavy (non-hydrogen) atoms. The van der Waals surface area contributed by atoms with Crippen LogP contribution in [0.3, 0.4) is 0 Å². The van der Waals surface area contributed by atoms with E-state index in [9.17, 15) is 14.0 Å². The van der Waals surface area contributed by atoms with Gasteiger partial charge in [-0.1, -0.05) is 49.7 Å². The number of halogens is 2. The third-order valence-electron chi connectivity index (χ3n) is 4.99. The average Bonchev–Trinajstić information content (AvgIpc) is 3.07. The summed E-state index contributed by atoms with van der Waals surface area (Å²) in [4.78, 5) is 24.4. The maximum atomic E-state index is 14.0. The smallest absolute Gasteiger partial charge is 0.269 e. The molecular weight excluding hydrogens is 395 g/mol. The average molecular weight is 417 g/mol. The molecule has 152 valence electrons. The Labute approximate surface area is 172 Å². The standard InChI is InChI=1S/C21H22ClFN4O2/c1-3-12(2)14-7-5-9-16-18(14)20(21(24)29)26-27(16)11-17(28)25-10-13-6-4-8-15(22)19(13)23/h4-9,12H,3,10-11H2,1-2H3,(H2,24,29)(H,25,28). The quantitative estimate of drug-likeness (QED) is 0.614. The first-order valence-corrected chi connectivity index (χ1v) is 9.70. The van der Waals surface area contributed by atoms with E-state index in [1.807, 2.05) is 12.1 Å². The third-order valence-corrected chi connectivity index (χ3v) is 5.28. The van der Waals surface area contributed by atoms with Crippen LogP contribution in [-0.4, -0.2) is 21.6 Å². The van der Waals surface area contributed by atoms with Crippen molar-refractivity contribution in [2.24, 2.45) is 5.73 Å². The molecule has 0 bridgehead atoms. The minimum Gasteiger partial charge on any atom is -0.364 e. The number of benzene rings is 2. The zero-order valence-corrected chi connectivity index (χ0v) is 17.0. The Kier molecular flexibility index (Phi) is 6.17. The lowest BCUT2D eigenvalue weighted by Crippen LogP contribution is -2.28. The fourth-order valence-electron chi connectivity index (χ4n) is 3.25. The second kappa shape index (κ2) is 8.61. The number of carbonyl (C=O) groups is 2. The van der Waals surface area contributed by atoms with Gasteiger partial charge in [0.05, 0.1) is 10.5 Å². The van der Waals surface area contributed by atoms with Crippen LogP contribution in [0.5, 0.6) is 0 Å². The molecular formula is C21H22ClFN4O2. The predicted octanol–water partition coefficient (Wildman–Crippen LogP) is 3.76. The molecule has 0 fully saturated rings. The van der Waals surface area contributed by atoms with Crippen LogP contribution in [-0.2, 0) is 17.9 Å². The molecule has 1 unspecified atom stereocenters. The van der Waals surface area contributed by atoms with Gasteiger partial charge in [-0.25, -0.2) is 4.39 Å². The molecule has 0 aliphatic rings. The van der Waals surface area contributed by atoms with Gasteiger partial charge in [0.15, 0.2) is 5.69 Å². The Morgan fingerprint density at radius 1 is 1.28 bits per heavy atom. The highest BCUT2D eigenvalue weighted by molar-refractivity contribution is 6.30. The number of hydrogen-bond donors (Lipinski definition) is 2. The molecule has 1 atom stereocenters. The fourth-order valence-corrected chi connectivity index (χ4v) is 3.44. The second-order valence-electron chi connectivity index (χ2n) is 6.91. The SMILES string of the molecule is CCC(C)c1cccc2c1c(C(N)=O)nn2CC(=O)NCc1cccc(Cl)c1F. The van der Waals surface area contributed by atoms with Crippen LogP contribution in [0.1, 0.15) is 47.8 Å². The van der Waals surface area contributed by atoms with Crippen molar-refractivity contribution in [1.82, 2.24) is 15.1 Å². The number of fused-ring (bicyclic) bond motifs is 1. The van der Waals surface area contributed by atoms with E-state index in [0.717, 1.165) is 12.0 Å². The number of rotatable bonds is 7. The zero-order valence-electron chi connectivity index (χ0n) is 16.2. The summed E-state index contributed by atoms with van der Waals surface area (Å²) in [5.41, 5.74) is 7.58. The summed E-state index contributed by atoms with van der Waals surface area (Å²) in [7, 11) is 0. The van der Waals surface area contributed by atoms with Gasteiger partial charge in [0.2, 0.25) is 5.91 Å². The molecule has 0 radical (unpaired) electrons. The topological polar surface area (TPSA) is 90.0 Å². The van der Waals surface area contributed by atoms with Crippen molar-refractivity contribution in [2.75, 3.05) is 0 Å². The summed E-state index contributed by atoms with van der Waals surface area (Å²) in [5.74, 6) is -1.38. The van der Waals surface area contributed by atoms with Gasteiger partial charge in [0.25, 0.3) is 5.91 Å². The minimum absolute atomic E-state index is 0.00140. The van der Waals surface area contributed by atoms with Crippen molar-refractivity contribution < 1.29 is 14.0 Å². The number of hydrogen-bond acceptors (Lipinski definition) is 3. The zero-order chi connectivity index (χ0) is 21.1. The number of nitrogens with zero attached hydrogens (tertiary/aromatic N) is 2. The molecule has 3 N–H and O–H groups in total. The van der Waals surface area contributed by atoms with E-state index in [2.05, 4.69) is 24.3 Å². The Hall–Kier alpha value is -2.93. The summed E-state index contributed by atoms with van der Waals surface area (Å²) < 4.78 is 15.4. The van der Waals surface area contributed by atoms with Gasteiger partial charge in [-0.05, 0) is 30.0 Å². The Balaban J connectivity index is 1.87. The van der Waals surface area contributed by atoms with E-state index < -0.39 is 11.7 Å². The Morgan fingerprint density at radius 2 is 2.00 bits per heavy atom. The van der Waals surface area contributed by atoms with Crippen molar-refractivity contribution in [3.8, 4) is 0 Å². The van der Waals surface area contributed by atoms with E-state index in [-0.39, 0.29) is 41.2 Å². The third kappa shape index (κ3) is 4.24. The van der Waals surface area contributed by atoms with Gasteiger partial charge >= 0.3 is 0 Å². The van der Waals surface area contributed by atoms with Gasteiger partial charge in [0.1, 0.15) is 12.4 Å². The van der Waals surface area contributed by atoms with Crippen LogP contribution < -0.4 is 11.1 Å². The van der Waals surface area contributed by atoms with Crippen molar-refractivity contribution in [3.63, 3.8) is 0 Å². The number of carbonyl (C=O) groups excluding carboxylic acids is 2. The molecule has 3 rings (SSSR count). The molecule has 0 saturated carbocycles. The first-order valence-electron chi connectivity index (χ1n) is 9.32. The fraction of sp³-hybridized carbons (Fsp3) is 0.286. The highest BCUT2D eigenvalue weighted by atomic mass is 35.5. The number of nitrogens with one attached hydrogen (secondary N) is 1. The van der Waals surface area contributed by atoms with Gasteiger partial charge < -0.3 is 11.1 Å². The highest BCUT2D eigenvalue weighted by Gasteiger charge is 2.21. The lowest BCUT2D eigenvalue weighted by molar-refractivity contribution is -0.121. The van der Waals surface area contributed by atoms with Crippen molar-refractivity contribution in [1.29, 1.82) is 0 Å². The van der Waals surface area contributed by atoms with Crippen LogP contribution >= 0.6 is 11.6 Å². The maximum Gasteiger partial charge on any atom is 0.269 e. The van der Waals surface area contributed by atoms with E-state index in [0.29, 0.717) is 10.9 Å². The molecule has 1 heterocycles. The highest BCUT2D eigenvalue weighted by Crippen LogP contribution is 2.30. The number of nitrogens with two attached hydrogens (primary N) is 1. The van der Waals surface area contributed by atoms with Crippen LogP contribution in [0.2, 0.25) is 5.02 Å². The van der Waals surface area contributed by atoms with E-state index in [1.165, 1.54) is 10.7 Å². The van der Waals surface area contributed by atoms with Crippen molar-refractivity contribution >= 4 is 34.3 Å². The summed E-state index contributed by atoms with van der Waals surface area (Å²) in [6, 6.07) is 10.2. The van der Waals surface area contributed by atoms with Crippen LogP contribution in [0.25, 0.3) is 10.9 Å². The molecule has 2 aromatic carbocycles. The predicted molar refractivity (Wildman–Crippen MR) is 110 cm³/mol. The van der Waals surface area contributed by atoms with Crippen molar-refractivity contribution in [2.45, 2.75) is 39.3 Å². The monoisotopic (exact) mass is 416 g/mol. The van der Waals surface area contributed by atoms with Gasteiger partial charge in [-0.3, -0.25) is 14.3 Å². The molecule has 0 spiro atoms. The van der Waals surface area contributed by atoms with Gasteiger partial charge in [0, 0.05) is 17.5 Å². The second-order valence-corrected chi connectivity index (χ2v) is 7.32. The molecule has 2 amide bonds. The number of primary amides is 1. The number of amides is 2. The number of aromatic nitrogens is 2. The summed E-state index contributed by atoms with van der Waals surface area (Å²) in [6.45, 7) is 3.98. The first kappa shape index (κ1) is 20.8. The van der Waals surface area contributed by atoms with Crippen LogP contribution in [0.4, 0.5) is 4.39 Å². The molecule has 3 aromatic rings. The summed E-state index contributed by atoms with van der Waals surface area (Å²) in [6.07, 6.45) is 0.883. The first-order chi connectivity index (χ1) is 13.8. The largest absolute Gasteiger partial charge is 0.364 e. The minimum atomic E-state index is -0.647. The molecule has 6 nitrogen and oxygen atoms in total. The van der Waals surface area contributed by atoms with E-state index in [4.69, 9.17) is 17.3 Å². The van der Waals surface area contributed by atoms with E-state index >= 15 is 0 Å². The molecule has 0 saturated heterocycles. The lowest BCUT2D eigenvalue weighted by atomic mass is 9.94. The Morgan fingerprint density at radius 3 is 2.69 bits per heavy atom. The molecule has 0 aliphatic carbocycles. The lowest BCUT2D eigenvalue weighted by Gasteiger charge is -2.11. The summed E-state index contributed by atoms with van der Waals surface area (Å²) >= 11 is 5.76. The maximum absolute atomic E-state index is 14.0. The summed E-state index contributed by atoms with van der Waals surface area (Å²) in [5, 5.41) is 7.60. The van der Waals surface area contributed by atoms with Crippen molar-refractivity contribution in [3.05, 3.63) is 64.1 Å². The molecule has 0 aliphatic heterocycles. The Bertz CT molecular complexity index is 1080. The van der Waals surface area contributed by atoms with E-state index in [1.54, 1.807) is 18.2 Å².